The number of hydrogen-bond donors (Lipinski definition) is 1. The van der Waals surface area contributed by atoms with Gasteiger partial charge in [0.1, 0.15) is 17.3 Å². The van der Waals surface area contributed by atoms with E-state index in [9.17, 15) is 19.1 Å². The third kappa shape index (κ3) is 3.55. The smallest absolute Gasteiger partial charge is 0.284 e. The fourth-order valence-electron chi connectivity index (χ4n) is 2.04. The van der Waals surface area contributed by atoms with Gasteiger partial charge in [-0.05, 0) is 30.3 Å². The molecule has 3 rings (SSSR count). The van der Waals surface area contributed by atoms with Crippen molar-refractivity contribution in [1.29, 1.82) is 0 Å². The van der Waals surface area contributed by atoms with E-state index in [0.717, 1.165) is 29.1 Å². The number of nitrogens with zero attached hydrogens (tertiary/aromatic N) is 3. The lowest BCUT2D eigenvalue weighted by Crippen LogP contribution is -2.19. The van der Waals surface area contributed by atoms with Gasteiger partial charge in [0.05, 0.1) is 17.3 Å². The first kappa shape index (κ1) is 16.4. The molecular weight excluding hydrogens is 333 g/mol. The predicted molar refractivity (Wildman–Crippen MR) is 81.1 cm³/mol. The highest BCUT2D eigenvalue weighted by molar-refractivity contribution is 6.10. The van der Waals surface area contributed by atoms with Crippen molar-refractivity contribution in [2.45, 2.75) is 6.92 Å². The summed E-state index contributed by atoms with van der Waals surface area (Å²) < 4.78 is 24.1. The van der Waals surface area contributed by atoms with Gasteiger partial charge in [-0.3, -0.25) is 9.59 Å². The van der Waals surface area contributed by atoms with E-state index >= 15 is 0 Å². The molecule has 0 saturated carbocycles. The van der Waals surface area contributed by atoms with Crippen LogP contribution < -0.4 is 4.74 Å². The van der Waals surface area contributed by atoms with Gasteiger partial charge in [0.25, 0.3) is 11.8 Å². The molecule has 0 unspecified atom stereocenters. The average molecular weight is 345 g/mol. The van der Waals surface area contributed by atoms with Crippen LogP contribution >= 0.6 is 0 Å². The second-order valence-corrected chi connectivity index (χ2v) is 5.12. The summed E-state index contributed by atoms with van der Waals surface area (Å²) >= 11 is 0. The van der Waals surface area contributed by atoms with Crippen molar-refractivity contribution in [3.05, 3.63) is 59.4 Å². The molecule has 9 heteroatoms. The van der Waals surface area contributed by atoms with Gasteiger partial charge in [-0.15, -0.1) is 0 Å². The van der Waals surface area contributed by atoms with Crippen molar-refractivity contribution in [2.75, 3.05) is 6.61 Å². The highest BCUT2D eigenvalue weighted by Crippen LogP contribution is 2.21. The SMILES string of the molecule is Cc1cc(OCC(=O)n2cc(C(=O)c3cc(F)ccc3O)cn2)no1. The van der Waals surface area contributed by atoms with Crippen molar-refractivity contribution >= 4 is 11.7 Å². The van der Waals surface area contributed by atoms with Crippen LogP contribution in [0.15, 0.2) is 41.2 Å². The highest BCUT2D eigenvalue weighted by Gasteiger charge is 2.18. The number of ether oxygens (including phenoxy) is 1. The maximum absolute atomic E-state index is 13.3. The molecule has 2 aromatic heterocycles. The molecule has 0 atom stereocenters. The summed E-state index contributed by atoms with van der Waals surface area (Å²) in [6.07, 6.45) is 2.32. The van der Waals surface area contributed by atoms with Crippen molar-refractivity contribution < 1.29 is 28.3 Å². The van der Waals surface area contributed by atoms with Crippen LogP contribution in [0.2, 0.25) is 0 Å². The zero-order chi connectivity index (χ0) is 18.0. The Kier molecular flexibility index (Phi) is 4.29. The van der Waals surface area contributed by atoms with E-state index in [1.807, 2.05) is 0 Å². The minimum absolute atomic E-state index is 0.0199. The number of phenols is 1. The van der Waals surface area contributed by atoms with E-state index in [2.05, 4.69) is 10.3 Å². The third-order valence-electron chi connectivity index (χ3n) is 3.25. The zero-order valence-corrected chi connectivity index (χ0v) is 13.0. The maximum atomic E-state index is 13.3. The Morgan fingerprint density at radius 1 is 1.36 bits per heavy atom. The summed E-state index contributed by atoms with van der Waals surface area (Å²) in [5.74, 6) is -1.56. The minimum atomic E-state index is -0.666. The summed E-state index contributed by atoms with van der Waals surface area (Å²) in [4.78, 5) is 24.3. The standard InChI is InChI=1S/C16H12FN3O5/c1-9-4-14(19-25-9)24-8-15(22)20-7-10(6-18-20)16(23)12-5-11(17)2-3-13(12)21/h2-7,21H,8H2,1H3. The Labute approximate surface area is 140 Å². The first-order chi connectivity index (χ1) is 11.9. The number of aromatic nitrogens is 3. The van der Waals surface area contributed by atoms with Gasteiger partial charge in [-0.2, -0.15) is 5.10 Å². The molecule has 8 nitrogen and oxygen atoms in total. The number of aromatic hydroxyl groups is 1. The number of hydrogen-bond acceptors (Lipinski definition) is 7. The molecule has 0 aliphatic carbocycles. The molecule has 0 spiro atoms. The van der Waals surface area contributed by atoms with E-state index in [0.29, 0.717) is 5.76 Å². The van der Waals surface area contributed by atoms with Gasteiger partial charge in [-0.25, -0.2) is 9.07 Å². The van der Waals surface area contributed by atoms with Crippen LogP contribution in [0.1, 0.15) is 26.5 Å². The van der Waals surface area contributed by atoms with Crippen molar-refractivity contribution in [1.82, 2.24) is 14.9 Å². The molecule has 1 N–H and O–H groups in total. The summed E-state index contributed by atoms with van der Waals surface area (Å²) in [5, 5.41) is 17.0. The van der Waals surface area contributed by atoms with Crippen LogP contribution in [0.5, 0.6) is 11.6 Å². The van der Waals surface area contributed by atoms with Crippen LogP contribution in [0.25, 0.3) is 0 Å². The number of aryl methyl sites for hydroxylation is 1. The second-order valence-electron chi connectivity index (χ2n) is 5.12. The van der Waals surface area contributed by atoms with Gasteiger partial charge in [0.15, 0.2) is 12.4 Å². The minimum Gasteiger partial charge on any atom is -0.507 e. The molecule has 0 saturated heterocycles. The monoisotopic (exact) mass is 345 g/mol. The van der Waals surface area contributed by atoms with Crippen LogP contribution in [0, 0.1) is 12.7 Å². The van der Waals surface area contributed by atoms with E-state index in [1.165, 1.54) is 12.3 Å². The number of carbonyl (C=O) groups excluding carboxylic acids is 2. The molecular formula is C16H12FN3O5. The number of rotatable bonds is 5. The Morgan fingerprint density at radius 2 is 2.16 bits per heavy atom. The predicted octanol–water partition coefficient (Wildman–Crippen LogP) is 1.97. The largest absolute Gasteiger partial charge is 0.507 e. The summed E-state index contributed by atoms with van der Waals surface area (Å²) in [7, 11) is 0. The topological polar surface area (TPSA) is 107 Å². The molecule has 2 heterocycles. The molecule has 25 heavy (non-hydrogen) atoms. The zero-order valence-electron chi connectivity index (χ0n) is 13.0. The first-order valence-corrected chi connectivity index (χ1v) is 7.11. The fourth-order valence-corrected chi connectivity index (χ4v) is 2.04. The maximum Gasteiger partial charge on any atom is 0.284 e. The number of benzene rings is 1. The average Bonchev–Trinajstić information content (AvgIpc) is 3.23. The number of ketones is 1. The molecule has 0 aliphatic rings. The fraction of sp³-hybridized carbons (Fsp3) is 0.125. The van der Waals surface area contributed by atoms with Crippen LogP contribution in [-0.2, 0) is 0 Å². The Balaban J connectivity index is 1.72. The van der Waals surface area contributed by atoms with Crippen LogP contribution in [0.3, 0.4) is 0 Å². The van der Waals surface area contributed by atoms with Crippen molar-refractivity contribution in [3.63, 3.8) is 0 Å². The van der Waals surface area contributed by atoms with Crippen molar-refractivity contribution in [2.24, 2.45) is 0 Å². The molecule has 0 bridgehead atoms. The Hall–Kier alpha value is -3.49. The normalized spacial score (nSPS) is 10.6. The highest BCUT2D eigenvalue weighted by atomic mass is 19.1. The Morgan fingerprint density at radius 3 is 2.88 bits per heavy atom. The van der Waals surface area contributed by atoms with E-state index in [4.69, 9.17) is 9.26 Å². The van der Waals surface area contributed by atoms with Gasteiger partial charge >= 0.3 is 0 Å². The lowest BCUT2D eigenvalue weighted by molar-refractivity contribution is 0.0814. The number of phenolic OH excluding ortho intramolecular Hbond substituents is 1. The lowest BCUT2D eigenvalue weighted by Gasteiger charge is -2.02. The lowest BCUT2D eigenvalue weighted by atomic mass is 10.1. The summed E-state index contributed by atoms with van der Waals surface area (Å²) in [6, 6.07) is 4.53. The molecule has 3 aromatic rings. The molecule has 0 aliphatic heterocycles. The van der Waals surface area contributed by atoms with Crippen molar-refractivity contribution in [3.8, 4) is 11.6 Å². The molecule has 128 valence electrons. The second kappa shape index (κ2) is 6.56. The molecule has 0 fully saturated rings. The third-order valence-corrected chi connectivity index (χ3v) is 3.25. The van der Waals surface area contributed by atoms with Crippen LogP contribution in [0.4, 0.5) is 4.39 Å². The van der Waals surface area contributed by atoms with E-state index in [-0.39, 0.29) is 29.4 Å². The number of carbonyl (C=O) groups is 2. The van der Waals surface area contributed by atoms with Gasteiger partial charge in [-0.1, -0.05) is 0 Å². The summed E-state index contributed by atoms with van der Waals surface area (Å²) in [5.41, 5.74) is -0.201. The first-order valence-electron chi connectivity index (χ1n) is 7.11. The summed E-state index contributed by atoms with van der Waals surface area (Å²) in [6.45, 7) is 1.31. The van der Waals surface area contributed by atoms with Crippen LogP contribution in [-0.4, -0.2) is 38.3 Å². The Bertz CT molecular complexity index is 947. The van der Waals surface area contributed by atoms with E-state index in [1.54, 1.807) is 6.92 Å². The quantitative estimate of drug-likeness (QED) is 0.704. The molecule has 1 aromatic carbocycles. The number of halogens is 1. The van der Waals surface area contributed by atoms with Gasteiger partial charge in [0, 0.05) is 12.3 Å². The molecule has 0 radical (unpaired) electrons. The van der Waals surface area contributed by atoms with Gasteiger partial charge < -0.3 is 14.4 Å². The molecule has 0 amide bonds. The van der Waals surface area contributed by atoms with Gasteiger partial charge in [0.2, 0.25) is 0 Å². The van der Waals surface area contributed by atoms with E-state index < -0.39 is 17.5 Å².